The number of nitrogens with zero attached hydrogens (tertiary/aromatic N) is 4. The van der Waals surface area contributed by atoms with Crippen LogP contribution in [0.5, 0.6) is 0 Å². The molecule has 0 saturated carbocycles. The highest BCUT2D eigenvalue weighted by atomic mass is 127. The number of allylic oxidation sites excluding steroid dienone is 1. The zero-order valence-corrected chi connectivity index (χ0v) is 10.3. The van der Waals surface area contributed by atoms with Gasteiger partial charge in [-0.15, -0.1) is 5.10 Å². The van der Waals surface area contributed by atoms with Crippen LogP contribution < -0.4 is 0 Å². The number of hydrogen-bond donors (Lipinski definition) is 0. The molecule has 0 saturated heterocycles. The molecule has 0 aliphatic carbocycles. The summed E-state index contributed by atoms with van der Waals surface area (Å²) in [6.45, 7) is 5.70. The van der Waals surface area contributed by atoms with Gasteiger partial charge in [-0.1, -0.05) is 29.2 Å². The third kappa shape index (κ3) is 1.58. The van der Waals surface area contributed by atoms with Crippen molar-refractivity contribution in [2.24, 2.45) is 10.2 Å². The molecular weight excluding hydrogens is 307 g/mol. The largest absolute Gasteiger partial charge is 0.272 e. The van der Waals surface area contributed by atoms with E-state index in [-0.39, 0.29) is 5.91 Å². The topological polar surface area (TPSA) is 48.3 Å². The molecule has 2 aliphatic rings. The second-order valence-electron chi connectivity index (χ2n) is 3.09. The van der Waals surface area contributed by atoms with Gasteiger partial charge in [0.1, 0.15) is 0 Å². The summed E-state index contributed by atoms with van der Waals surface area (Å²) in [4.78, 5) is 11.6. The molecule has 5 nitrogen and oxygen atoms in total. The maximum atomic E-state index is 11.6. The average molecular weight is 316 g/mol. The van der Waals surface area contributed by atoms with Crippen molar-refractivity contribution in [1.29, 1.82) is 0 Å². The van der Waals surface area contributed by atoms with Gasteiger partial charge >= 0.3 is 0 Å². The van der Waals surface area contributed by atoms with Crippen molar-refractivity contribution in [3.63, 3.8) is 0 Å². The molecule has 2 aliphatic heterocycles. The number of hydrazine groups is 1. The van der Waals surface area contributed by atoms with E-state index in [2.05, 4.69) is 16.8 Å². The molecule has 0 N–H and O–H groups in total. The zero-order chi connectivity index (χ0) is 11.0. The van der Waals surface area contributed by atoms with Crippen LogP contribution in [0.1, 0.15) is 6.92 Å². The minimum absolute atomic E-state index is 0.00657. The third-order valence-corrected chi connectivity index (χ3v) is 2.80. The standard InChI is InChI=1S/C9H9IN4O/c1-6-7(2)14-8(12-11-6)3-4-13(14)9(15)5-10/h3-4H,2,5H2,1H3. The summed E-state index contributed by atoms with van der Waals surface area (Å²) in [7, 11) is 0. The highest BCUT2D eigenvalue weighted by Crippen LogP contribution is 2.21. The van der Waals surface area contributed by atoms with Crippen molar-refractivity contribution in [2.45, 2.75) is 6.92 Å². The molecule has 2 rings (SSSR count). The maximum Gasteiger partial charge on any atom is 0.255 e. The molecule has 1 amide bonds. The van der Waals surface area contributed by atoms with Gasteiger partial charge in [0, 0.05) is 12.3 Å². The fourth-order valence-electron chi connectivity index (χ4n) is 1.32. The molecule has 0 fully saturated rings. The quantitative estimate of drug-likeness (QED) is 0.541. The van der Waals surface area contributed by atoms with Gasteiger partial charge in [-0.2, -0.15) is 5.10 Å². The molecule has 0 bridgehead atoms. The van der Waals surface area contributed by atoms with Gasteiger partial charge in [-0.05, 0) is 6.92 Å². The number of halogens is 1. The van der Waals surface area contributed by atoms with Crippen molar-refractivity contribution in [3.8, 4) is 0 Å². The van der Waals surface area contributed by atoms with Gasteiger partial charge < -0.3 is 0 Å². The first-order chi connectivity index (χ1) is 7.15. The molecule has 0 radical (unpaired) electrons. The Bertz CT molecular complexity index is 424. The van der Waals surface area contributed by atoms with Crippen LogP contribution in [0, 0.1) is 0 Å². The molecule has 6 heteroatoms. The lowest BCUT2D eigenvalue weighted by Gasteiger charge is -2.31. The van der Waals surface area contributed by atoms with Crippen molar-refractivity contribution < 1.29 is 4.79 Å². The van der Waals surface area contributed by atoms with Crippen LogP contribution in [0.2, 0.25) is 0 Å². The van der Waals surface area contributed by atoms with Crippen LogP contribution in [-0.4, -0.2) is 31.9 Å². The van der Waals surface area contributed by atoms with E-state index in [1.165, 1.54) is 5.01 Å². The molecule has 0 spiro atoms. The van der Waals surface area contributed by atoms with E-state index in [1.807, 2.05) is 29.5 Å². The van der Waals surface area contributed by atoms with Crippen LogP contribution in [0.4, 0.5) is 0 Å². The van der Waals surface area contributed by atoms with Gasteiger partial charge in [-0.3, -0.25) is 4.79 Å². The predicted octanol–water partition coefficient (Wildman–Crippen LogP) is 1.30. The first-order valence-electron chi connectivity index (χ1n) is 4.33. The molecule has 78 valence electrons. The van der Waals surface area contributed by atoms with Crippen LogP contribution in [-0.2, 0) is 4.79 Å². The lowest BCUT2D eigenvalue weighted by molar-refractivity contribution is -0.131. The van der Waals surface area contributed by atoms with E-state index < -0.39 is 0 Å². The minimum atomic E-state index is -0.00657. The van der Waals surface area contributed by atoms with Gasteiger partial charge in [0.25, 0.3) is 5.91 Å². The number of hydrogen-bond acceptors (Lipinski definition) is 4. The SMILES string of the molecule is C=C1C(C)=NN=C2C=CN(C(=O)CI)N12. The normalized spacial score (nSPS) is 18.9. The van der Waals surface area contributed by atoms with E-state index in [0.29, 0.717) is 21.7 Å². The minimum Gasteiger partial charge on any atom is -0.272 e. The Morgan fingerprint density at radius 3 is 3.00 bits per heavy atom. The van der Waals surface area contributed by atoms with Crippen LogP contribution in [0.25, 0.3) is 0 Å². The second-order valence-corrected chi connectivity index (χ2v) is 3.85. The Balaban J connectivity index is 2.34. The number of alkyl halides is 1. The summed E-state index contributed by atoms with van der Waals surface area (Å²) in [6.07, 6.45) is 3.42. The fraction of sp³-hybridized carbons (Fsp3) is 0.222. The highest BCUT2D eigenvalue weighted by molar-refractivity contribution is 14.1. The zero-order valence-electron chi connectivity index (χ0n) is 8.14. The van der Waals surface area contributed by atoms with E-state index in [0.717, 1.165) is 0 Å². The number of rotatable bonds is 1. The Morgan fingerprint density at radius 2 is 2.33 bits per heavy atom. The lowest BCUT2D eigenvalue weighted by atomic mass is 10.3. The fourth-order valence-corrected chi connectivity index (χ4v) is 1.67. The third-order valence-electron chi connectivity index (χ3n) is 2.14. The Labute approximate surface area is 101 Å². The molecule has 0 atom stereocenters. The monoisotopic (exact) mass is 316 g/mol. The van der Waals surface area contributed by atoms with Crippen molar-refractivity contribution in [3.05, 3.63) is 24.6 Å². The van der Waals surface area contributed by atoms with Crippen molar-refractivity contribution in [1.82, 2.24) is 10.0 Å². The first-order valence-corrected chi connectivity index (χ1v) is 5.85. The van der Waals surface area contributed by atoms with E-state index in [4.69, 9.17) is 0 Å². The van der Waals surface area contributed by atoms with Gasteiger partial charge in [-0.25, -0.2) is 10.0 Å². The molecule has 2 heterocycles. The Morgan fingerprint density at radius 1 is 1.60 bits per heavy atom. The second kappa shape index (κ2) is 3.76. The summed E-state index contributed by atoms with van der Waals surface area (Å²) in [5.41, 5.74) is 1.40. The Hall–Kier alpha value is -1.18. The lowest BCUT2D eigenvalue weighted by Crippen LogP contribution is -2.44. The summed E-state index contributed by atoms with van der Waals surface area (Å²) < 4.78 is 0.412. The van der Waals surface area contributed by atoms with Gasteiger partial charge in [0.15, 0.2) is 5.84 Å². The summed E-state index contributed by atoms with van der Waals surface area (Å²) >= 11 is 2.03. The van der Waals surface area contributed by atoms with Crippen molar-refractivity contribution in [2.75, 3.05) is 4.43 Å². The molecule has 0 aromatic rings. The molecule has 15 heavy (non-hydrogen) atoms. The number of amidine groups is 1. The summed E-state index contributed by atoms with van der Waals surface area (Å²) in [6, 6.07) is 0. The number of carbonyl (C=O) groups excluding carboxylic acids is 1. The number of amides is 1. The van der Waals surface area contributed by atoms with Crippen LogP contribution in [0.15, 0.2) is 34.8 Å². The summed E-state index contributed by atoms with van der Waals surface area (Å²) in [5, 5.41) is 11.1. The molecule has 0 aromatic carbocycles. The number of fused-ring (bicyclic) bond motifs is 1. The average Bonchev–Trinajstić information content (AvgIpc) is 2.67. The molecular formula is C9H9IN4O. The predicted molar refractivity (Wildman–Crippen MR) is 66.4 cm³/mol. The van der Waals surface area contributed by atoms with Crippen LogP contribution in [0.3, 0.4) is 0 Å². The first kappa shape index (κ1) is 10.3. The number of carbonyl (C=O) groups is 1. The summed E-state index contributed by atoms with van der Waals surface area (Å²) in [5.74, 6) is 0.622. The smallest absolute Gasteiger partial charge is 0.255 e. The van der Waals surface area contributed by atoms with E-state index in [1.54, 1.807) is 17.3 Å². The Kier molecular flexibility index (Phi) is 2.59. The molecule has 0 aromatic heterocycles. The van der Waals surface area contributed by atoms with E-state index >= 15 is 0 Å². The van der Waals surface area contributed by atoms with Crippen LogP contribution >= 0.6 is 22.6 Å². The van der Waals surface area contributed by atoms with Gasteiger partial charge in [0.05, 0.1) is 15.8 Å². The molecule has 0 unspecified atom stereocenters. The van der Waals surface area contributed by atoms with Gasteiger partial charge in [0.2, 0.25) is 0 Å². The van der Waals surface area contributed by atoms with E-state index in [9.17, 15) is 4.79 Å². The highest BCUT2D eigenvalue weighted by Gasteiger charge is 2.31. The van der Waals surface area contributed by atoms with Crippen molar-refractivity contribution >= 4 is 40.0 Å². The maximum absolute atomic E-state index is 11.6.